The second-order valence-electron chi connectivity index (χ2n) is 5.06. The van der Waals surface area contributed by atoms with Crippen LogP contribution >= 0.6 is 0 Å². The Morgan fingerprint density at radius 2 is 1.90 bits per heavy atom. The average molecular weight is 300 g/mol. The smallest absolute Gasteiger partial charge is 0.371 e. The molecule has 1 aromatic carbocycles. The molecule has 0 spiro atoms. The Bertz CT molecular complexity index is 550. The number of benzene rings is 1. The number of amides is 1. The quantitative estimate of drug-likeness (QED) is 0.871. The Labute approximate surface area is 119 Å². The van der Waals surface area contributed by atoms with Gasteiger partial charge in [-0.25, -0.2) is 0 Å². The van der Waals surface area contributed by atoms with E-state index in [1.807, 2.05) is 0 Å². The number of carbonyl (C=O) groups is 2. The van der Waals surface area contributed by atoms with Gasteiger partial charge < -0.3 is 10.6 Å². The number of halogens is 3. The molecular weight excluding hydrogens is 285 g/mol. The number of alkyl halides is 3. The van der Waals surface area contributed by atoms with E-state index in [0.717, 1.165) is 6.07 Å². The van der Waals surface area contributed by atoms with Crippen LogP contribution in [0.2, 0.25) is 0 Å². The first-order chi connectivity index (χ1) is 9.82. The lowest BCUT2D eigenvalue weighted by atomic mass is 9.95. The topological polar surface area (TPSA) is 63.4 Å². The number of nitrogens with zero attached hydrogens (tertiary/aromatic N) is 1. The average Bonchev–Trinajstić information content (AvgIpc) is 2.46. The van der Waals surface area contributed by atoms with Gasteiger partial charge in [0.25, 0.3) is 0 Å². The van der Waals surface area contributed by atoms with Crippen molar-refractivity contribution in [1.29, 1.82) is 0 Å². The van der Waals surface area contributed by atoms with E-state index in [1.165, 1.54) is 12.1 Å². The third kappa shape index (κ3) is 3.34. The molecule has 1 amide bonds. The molecule has 0 radical (unpaired) electrons. The fourth-order valence-corrected chi connectivity index (χ4v) is 2.53. The highest BCUT2D eigenvalue weighted by atomic mass is 19.4. The summed E-state index contributed by atoms with van der Waals surface area (Å²) in [5.41, 5.74) is 4.41. The first-order valence-corrected chi connectivity index (χ1v) is 6.53. The number of hydrogen-bond donors (Lipinski definition) is 1. The summed E-state index contributed by atoms with van der Waals surface area (Å²) in [5.74, 6) is -0.702. The first kappa shape index (κ1) is 15.3. The monoisotopic (exact) mass is 300 g/mol. The summed E-state index contributed by atoms with van der Waals surface area (Å²) >= 11 is 0. The van der Waals surface area contributed by atoms with E-state index < -0.39 is 17.6 Å². The Morgan fingerprint density at radius 3 is 2.38 bits per heavy atom. The van der Waals surface area contributed by atoms with Crippen LogP contribution in [0.1, 0.15) is 28.8 Å². The molecule has 1 aliphatic rings. The molecule has 114 valence electrons. The van der Waals surface area contributed by atoms with E-state index in [0.29, 0.717) is 32.2 Å². The van der Waals surface area contributed by atoms with Crippen molar-refractivity contribution in [1.82, 2.24) is 0 Å². The van der Waals surface area contributed by atoms with Crippen LogP contribution in [0.4, 0.5) is 18.9 Å². The minimum atomic E-state index is -4.53. The van der Waals surface area contributed by atoms with Crippen LogP contribution in [-0.2, 0) is 11.0 Å². The van der Waals surface area contributed by atoms with Gasteiger partial charge in [-0.3, -0.25) is 9.59 Å². The fourth-order valence-electron chi connectivity index (χ4n) is 2.53. The molecule has 2 rings (SSSR count). The van der Waals surface area contributed by atoms with Gasteiger partial charge in [0, 0.05) is 30.3 Å². The minimum absolute atomic E-state index is 0.0157. The zero-order chi connectivity index (χ0) is 15.6. The highest BCUT2D eigenvalue weighted by Gasteiger charge is 2.36. The van der Waals surface area contributed by atoms with Crippen molar-refractivity contribution < 1.29 is 22.8 Å². The summed E-state index contributed by atoms with van der Waals surface area (Å²) in [4.78, 5) is 23.3. The molecule has 0 aliphatic carbocycles. The highest BCUT2D eigenvalue weighted by molar-refractivity contribution is 5.78. The number of hydrogen-bond acceptors (Lipinski definition) is 3. The standard InChI is InChI=1S/C14H15F3N2O2/c15-14(16,17)11-7-9(8-20)1-2-12(11)19-5-3-10(4-6-19)13(18)21/h1-2,7-8,10H,3-6H2,(H2,18,21). The van der Waals surface area contributed by atoms with E-state index in [9.17, 15) is 22.8 Å². The van der Waals surface area contributed by atoms with Crippen LogP contribution in [-0.4, -0.2) is 25.3 Å². The third-order valence-electron chi connectivity index (χ3n) is 3.70. The van der Waals surface area contributed by atoms with E-state index in [2.05, 4.69) is 0 Å². The lowest BCUT2D eigenvalue weighted by Gasteiger charge is -2.34. The highest BCUT2D eigenvalue weighted by Crippen LogP contribution is 2.38. The molecule has 1 aromatic rings. The largest absolute Gasteiger partial charge is 0.418 e. The fraction of sp³-hybridized carbons (Fsp3) is 0.429. The van der Waals surface area contributed by atoms with E-state index in [-0.39, 0.29) is 17.2 Å². The number of nitrogens with two attached hydrogens (primary N) is 1. The molecule has 21 heavy (non-hydrogen) atoms. The molecule has 1 aliphatic heterocycles. The Balaban J connectivity index is 2.28. The van der Waals surface area contributed by atoms with Gasteiger partial charge in [-0.2, -0.15) is 13.2 Å². The number of piperidine rings is 1. The SMILES string of the molecule is NC(=O)C1CCN(c2ccc(C=O)cc2C(F)(F)F)CC1. The van der Waals surface area contributed by atoms with Crippen LogP contribution in [0, 0.1) is 5.92 Å². The summed E-state index contributed by atoms with van der Waals surface area (Å²) in [7, 11) is 0. The van der Waals surface area contributed by atoms with Crippen LogP contribution in [0.3, 0.4) is 0 Å². The maximum absolute atomic E-state index is 13.1. The normalized spacial score (nSPS) is 16.8. The molecule has 1 fully saturated rings. The van der Waals surface area contributed by atoms with Crippen molar-refractivity contribution >= 4 is 17.9 Å². The summed E-state index contributed by atoms with van der Waals surface area (Å²) in [5, 5.41) is 0. The van der Waals surface area contributed by atoms with E-state index in [1.54, 1.807) is 4.90 Å². The number of anilines is 1. The minimum Gasteiger partial charge on any atom is -0.371 e. The molecule has 0 atom stereocenters. The number of carbonyl (C=O) groups excluding carboxylic acids is 2. The van der Waals surface area contributed by atoms with Crippen LogP contribution in [0.15, 0.2) is 18.2 Å². The second-order valence-corrected chi connectivity index (χ2v) is 5.06. The zero-order valence-corrected chi connectivity index (χ0v) is 11.2. The zero-order valence-electron chi connectivity index (χ0n) is 11.2. The molecule has 4 nitrogen and oxygen atoms in total. The van der Waals surface area contributed by atoms with Gasteiger partial charge in [0.2, 0.25) is 5.91 Å². The summed E-state index contributed by atoms with van der Waals surface area (Å²) in [6.45, 7) is 0.661. The van der Waals surface area contributed by atoms with E-state index in [4.69, 9.17) is 5.73 Å². The third-order valence-corrected chi connectivity index (χ3v) is 3.70. The van der Waals surface area contributed by atoms with Gasteiger partial charge in [-0.15, -0.1) is 0 Å². The van der Waals surface area contributed by atoms with Gasteiger partial charge in [0.05, 0.1) is 5.56 Å². The Morgan fingerprint density at radius 1 is 1.29 bits per heavy atom. The van der Waals surface area contributed by atoms with Gasteiger partial charge in [0.1, 0.15) is 6.29 Å². The van der Waals surface area contributed by atoms with Crippen LogP contribution < -0.4 is 10.6 Å². The summed E-state index contributed by atoms with van der Waals surface area (Å²) in [6, 6.07) is 3.51. The van der Waals surface area contributed by atoms with Crippen molar-refractivity contribution in [3.63, 3.8) is 0 Å². The second kappa shape index (κ2) is 5.75. The summed E-state index contributed by atoms with van der Waals surface area (Å²) < 4.78 is 39.3. The van der Waals surface area contributed by atoms with Gasteiger partial charge in [-0.1, -0.05) is 0 Å². The number of primary amides is 1. The van der Waals surface area contributed by atoms with Crippen molar-refractivity contribution in [2.75, 3.05) is 18.0 Å². The first-order valence-electron chi connectivity index (χ1n) is 6.53. The number of rotatable bonds is 3. The molecule has 0 unspecified atom stereocenters. The van der Waals surface area contributed by atoms with Crippen molar-refractivity contribution in [2.24, 2.45) is 11.7 Å². The predicted molar refractivity (Wildman–Crippen MR) is 71.0 cm³/mol. The molecular formula is C14H15F3N2O2. The van der Waals surface area contributed by atoms with Crippen LogP contribution in [0.25, 0.3) is 0 Å². The lowest BCUT2D eigenvalue weighted by molar-refractivity contribution is -0.137. The Kier molecular flexibility index (Phi) is 4.20. The van der Waals surface area contributed by atoms with E-state index >= 15 is 0 Å². The van der Waals surface area contributed by atoms with Crippen molar-refractivity contribution in [3.05, 3.63) is 29.3 Å². The molecule has 0 aromatic heterocycles. The summed E-state index contributed by atoms with van der Waals surface area (Å²) in [6.07, 6.45) is -3.28. The van der Waals surface area contributed by atoms with Gasteiger partial charge >= 0.3 is 6.18 Å². The van der Waals surface area contributed by atoms with Gasteiger partial charge in [-0.05, 0) is 31.0 Å². The molecule has 0 saturated carbocycles. The molecule has 0 bridgehead atoms. The van der Waals surface area contributed by atoms with Crippen molar-refractivity contribution in [2.45, 2.75) is 19.0 Å². The maximum atomic E-state index is 13.1. The van der Waals surface area contributed by atoms with Crippen LogP contribution in [0.5, 0.6) is 0 Å². The number of aldehydes is 1. The lowest BCUT2D eigenvalue weighted by Crippen LogP contribution is -2.39. The molecule has 1 saturated heterocycles. The molecule has 2 N–H and O–H groups in total. The Hall–Kier alpha value is -2.05. The van der Waals surface area contributed by atoms with Gasteiger partial charge in [0.15, 0.2) is 0 Å². The molecule has 7 heteroatoms. The van der Waals surface area contributed by atoms with Crippen molar-refractivity contribution in [3.8, 4) is 0 Å². The molecule has 1 heterocycles. The maximum Gasteiger partial charge on any atom is 0.418 e. The predicted octanol–water partition coefficient (Wildman–Crippen LogP) is 2.22.